The molecule has 358 valence electrons. The van der Waals surface area contributed by atoms with Crippen LogP contribution in [0.25, 0.3) is 90.3 Å². The van der Waals surface area contributed by atoms with Gasteiger partial charge in [-0.25, -0.2) is 19.9 Å². The third kappa shape index (κ3) is 9.00. The van der Waals surface area contributed by atoms with E-state index in [1.54, 1.807) is 0 Å². The number of benzene rings is 10. The van der Waals surface area contributed by atoms with Crippen molar-refractivity contribution >= 4 is 11.6 Å². The Morgan fingerprint density at radius 3 is 1.03 bits per heavy atom. The first-order chi connectivity index (χ1) is 37.5. The van der Waals surface area contributed by atoms with Gasteiger partial charge < -0.3 is 0 Å². The molecular weight excluding hydrogens is 950 g/mol. The van der Waals surface area contributed by atoms with Crippen LogP contribution < -0.4 is 0 Å². The molecule has 1 aliphatic rings. The molecule has 0 aliphatic heterocycles. The highest BCUT2D eigenvalue weighted by Gasteiger charge is 2.48. The molecule has 10 aromatic carbocycles. The van der Waals surface area contributed by atoms with Gasteiger partial charge in [0, 0.05) is 27.8 Å². The summed E-state index contributed by atoms with van der Waals surface area (Å²) in [6.07, 6.45) is 0. The molecule has 0 fully saturated rings. The minimum Gasteiger partial charge on any atom is -0.208 e. The van der Waals surface area contributed by atoms with E-state index in [2.05, 4.69) is 142 Å². The van der Waals surface area contributed by atoms with E-state index in [4.69, 9.17) is 26.6 Å². The molecule has 0 saturated carbocycles. The zero-order valence-electron chi connectivity index (χ0n) is 40.9. The Hall–Kier alpha value is -10.0. The van der Waals surface area contributed by atoms with Gasteiger partial charge in [0.2, 0.25) is 5.28 Å². The van der Waals surface area contributed by atoms with Crippen LogP contribution in [0, 0.1) is 11.3 Å². The molecule has 12 aromatic rings. The van der Waals surface area contributed by atoms with Crippen molar-refractivity contribution in [3.8, 4) is 96.4 Å². The first-order valence-electron chi connectivity index (χ1n) is 24.9. The quantitative estimate of drug-likeness (QED) is 0.142. The zero-order chi connectivity index (χ0) is 51.3. The van der Waals surface area contributed by atoms with Crippen LogP contribution >= 0.6 is 11.6 Å². The first kappa shape index (κ1) is 47.0. The molecule has 7 nitrogen and oxygen atoms in total. The van der Waals surface area contributed by atoms with Gasteiger partial charge in [-0.15, -0.1) is 0 Å². The van der Waals surface area contributed by atoms with Crippen molar-refractivity contribution in [3.05, 3.63) is 300 Å². The Bertz CT molecular complexity index is 3870. The van der Waals surface area contributed by atoms with E-state index in [1.165, 1.54) is 22.3 Å². The minimum absolute atomic E-state index is 0.202. The molecule has 0 radical (unpaired) electrons. The molecule has 0 unspecified atom stereocenters. The van der Waals surface area contributed by atoms with Crippen LogP contribution in [0.15, 0.2) is 267 Å². The molecule has 76 heavy (non-hydrogen) atoms. The standard InChI is InChI=1S/C53H34N4.C15H10ClN3/c54-35-36-27-29-37(30-28-36)38-31-33-39(34-32-38)44-23-13-25-46-48(44)49-45(24-14-26-47(49)53(46,42-19-9-3-10-20-42)43-21-11-4-12-22-43)52-56-50(40-15-5-1-6-16-40)55-51(57-52)41-17-7-2-8-18-41;16-15-18-13(11-7-3-1-4-8-11)17-14(19-15)12-9-5-2-6-10-12/h1-34H;1-10H. The van der Waals surface area contributed by atoms with Crippen LogP contribution in [-0.4, -0.2) is 29.9 Å². The van der Waals surface area contributed by atoms with Gasteiger partial charge >= 0.3 is 0 Å². The van der Waals surface area contributed by atoms with E-state index in [-0.39, 0.29) is 5.28 Å². The number of hydrogen-bond acceptors (Lipinski definition) is 7. The summed E-state index contributed by atoms with van der Waals surface area (Å²) < 4.78 is 0. The topological polar surface area (TPSA) is 101 Å². The first-order valence-corrected chi connectivity index (χ1v) is 25.3. The molecule has 1 aliphatic carbocycles. The smallest absolute Gasteiger partial charge is 0.208 e. The average molecular weight is 995 g/mol. The lowest BCUT2D eigenvalue weighted by atomic mass is 9.67. The van der Waals surface area contributed by atoms with Crippen LogP contribution in [-0.2, 0) is 5.41 Å². The van der Waals surface area contributed by atoms with Crippen LogP contribution in [0.5, 0.6) is 0 Å². The van der Waals surface area contributed by atoms with Crippen molar-refractivity contribution < 1.29 is 0 Å². The lowest BCUT2D eigenvalue weighted by Gasteiger charge is -2.34. The lowest BCUT2D eigenvalue weighted by molar-refractivity contribution is 0.768. The second-order valence-corrected chi connectivity index (χ2v) is 18.6. The normalized spacial score (nSPS) is 11.8. The highest BCUT2D eigenvalue weighted by molar-refractivity contribution is 6.28. The van der Waals surface area contributed by atoms with Crippen molar-refractivity contribution in [1.82, 2.24) is 29.9 Å². The predicted molar refractivity (Wildman–Crippen MR) is 305 cm³/mol. The van der Waals surface area contributed by atoms with E-state index in [1.807, 2.05) is 146 Å². The SMILES string of the molecule is Clc1nc(-c2ccccc2)nc(-c2ccccc2)n1.N#Cc1ccc(-c2ccc(-c3cccc4c3-c3c(-c5nc(-c6ccccc6)nc(-c6ccccc6)n5)cccc3C4(c3ccccc3)c3ccccc3)cc2)cc1. The summed E-state index contributed by atoms with van der Waals surface area (Å²) in [5, 5.41) is 9.55. The van der Waals surface area contributed by atoms with Crippen molar-refractivity contribution in [2.75, 3.05) is 0 Å². The Labute approximate surface area is 446 Å². The van der Waals surface area contributed by atoms with Crippen LogP contribution in [0.4, 0.5) is 0 Å². The van der Waals surface area contributed by atoms with Gasteiger partial charge in [0.25, 0.3) is 0 Å². The van der Waals surface area contributed by atoms with E-state index < -0.39 is 5.41 Å². The summed E-state index contributed by atoms with van der Waals surface area (Å²) >= 11 is 5.99. The molecule has 0 atom stereocenters. The minimum atomic E-state index is -0.626. The van der Waals surface area contributed by atoms with Crippen LogP contribution in [0.3, 0.4) is 0 Å². The number of halogens is 1. The van der Waals surface area contributed by atoms with E-state index in [0.717, 1.165) is 61.2 Å². The second-order valence-electron chi connectivity index (χ2n) is 18.2. The molecule has 8 heteroatoms. The predicted octanol–water partition coefficient (Wildman–Crippen LogP) is 16.3. The second kappa shape index (κ2) is 20.9. The fraction of sp³-hybridized carbons (Fsp3) is 0.0147. The maximum atomic E-state index is 9.35. The Morgan fingerprint density at radius 2 is 0.618 bits per heavy atom. The lowest BCUT2D eigenvalue weighted by Crippen LogP contribution is -2.28. The molecule has 13 rings (SSSR count). The number of fused-ring (bicyclic) bond motifs is 3. The Balaban J connectivity index is 0.000000257. The average Bonchev–Trinajstić information content (AvgIpc) is 3.90. The summed E-state index contributed by atoms with van der Waals surface area (Å²) in [4.78, 5) is 28.4. The zero-order valence-corrected chi connectivity index (χ0v) is 41.7. The Morgan fingerprint density at radius 1 is 0.289 bits per heavy atom. The van der Waals surface area contributed by atoms with E-state index >= 15 is 0 Å². The molecule has 0 saturated heterocycles. The van der Waals surface area contributed by atoms with Crippen molar-refractivity contribution in [3.63, 3.8) is 0 Å². The van der Waals surface area contributed by atoms with Gasteiger partial charge in [0.1, 0.15) is 0 Å². The maximum absolute atomic E-state index is 9.35. The van der Waals surface area contributed by atoms with Crippen LogP contribution in [0.1, 0.15) is 27.8 Å². The van der Waals surface area contributed by atoms with E-state index in [9.17, 15) is 5.26 Å². The number of nitrogens with zero attached hydrogens (tertiary/aromatic N) is 7. The molecule has 0 amide bonds. The van der Waals surface area contributed by atoms with Crippen LogP contribution in [0.2, 0.25) is 5.28 Å². The summed E-state index contributed by atoms with van der Waals surface area (Å²) in [6.45, 7) is 0. The molecule has 0 N–H and O–H groups in total. The summed E-state index contributed by atoms with van der Waals surface area (Å²) in [7, 11) is 0. The van der Waals surface area contributed by atoms with Gasteiger partial charge in [0.15, 0.2) is 29.1 Å². The fourth-order valence-electron chi connectivity index (χ4n) is 10.3. The Kier molecular flexibility index (Phi) is 12.9. The third-order valence-corrected chi connectivity index (χ3v) is 13.9. The molecular formula is C68H44ClN7. The fourth-order valence-corrected chi connectivity index (χ4v) is 10.5. The monoisotopic (exact) mass is 993 g/mol. The van der Waals surface area contributed by atoms with Crippen molar-refractivity contribution in [1.29, 1.82) is 5.26 Å². The van der Waals surface area contributed by atoms with Gasteiger partial charge in [-0.05, 0) is 79.4 Å². The number of nitriles is 1. The number of rotatable bonds is 9. The summed E-state index contributed by atoms with van der Waals surface area (Å²) in [5.74, 6) is 3.03. The summed E-state index contributed by atoms with van der Waals surface area (Å²) in [6, 6.07) is 93.5. The number of hydrogen-bond donors (Lipinski definition) is 0. The largest absolute Gasteiger partial charge is 0.226 e. The maximum Gasteiger partial charge on any atom is 0.226 e. The third-order valence-electron chi connectivity index (χ3n) is 13.8. The highest BCUT2D eigenvalue weighted by Crippen LogP contribution is 2.60. The van der Waals surface area contributed by atoms with Gasteiger partial charge in [-0.1, -0.05) is 255 Å². The molecule has 0 bridgehead atoms. The van der Waals surface area contributed by atoms with Gasteiger partial charge in [-0.2, -0.15) is 15.2 Å². The molecule has 2 aromatic heterocycles. The van der Waals surface area contributed by atoms with Gasteiger partial charge in [0.05, 0.1) is 17.0 Å². The van der Waals surface area contributed by atoms with Gasteiger partial charge in [-0.3, -0.25) is 0 Å². The number of aromatic nitrogens is 6. The van der Waals surface area contributed by atoms with Crippen molar-refractivity contribution in [2.24, 2.45) is 0 Å². The van der Waals surface area contributed by atoms with Crippen molar-refractivity contribution in [2.45, 2.75) is 5.41 Å². The summed E-state index contributed by atoms with van der Waals surface area (Å²) in [5.41, 5.74) is 16.1. The molecule has 0 spiro atoms. The molecule has 2 heterocycles. The van der Waals surface area contributed by atoms with E-state index in [0.29, 0.717) is 34.7 Å². The highest BCUT2D eigenvalue weighted by atomic mass is 35.5.